The van der Waals surface area contributed by atoms with Crippen LogP contribution in [0.3, 0.4) is 0 Å². The number of hydrogen-bond donors (Lipinski definition) is 2. The van der Waals surface area contributed by atoms with Gasteiger partial charge in [-0.3, -0.25) is 0 Å². The average molecular weight is 462 g/mol. The van der Waals surface area contributed by atoms with Gasteiger partial charge in [0.2, 0.25) is 0 Å². The Morgan fingerprint density at radius 1 is 0.879 bits per heavy atom. The Kier molecular flexibility index (Phi) is 10.8. The molecule has 3 heteroatoms. The maximum atomic E-state index is 10.2. The Balaban J connectivity index is 0.000000914. The Morgan fingerprint density at radius 3 is 2.18 bits per heavy atom. The summed E-state index contributed by atoms with van der Waals surface area (Å²) in [5.41, 5.74) is 0.937. The summed E-state index contributed by atoms with van der Waals surface area (Å²) in [6.07, 6.45) is 13.2. The maximum Gasteiger partial charge on any atom is 0.0670 e. The van der Waals surface area contributed by atoms with Crippen LogP contribution in [0.25, 0.3) is 0 Å². The zero-order valence-electron chi connectivity index (χ0n) is 22.9. The Labute approximate surface area is 205 Å². The molecule has 10 atom stereocenters. The normalized spacial score (nSPS) is 43.2. The highest BCUT2D eigenvalue weighted by Crippen LogP contribution is 2.68. The summed E-state index contributed by atoms with van der Waals surface area (Å²) in [5.74, 6) is 4.81. The lowest BCUT2D eigenvalue weighted by Crippen LogP contribution is -2.54. The summed E-state index contributed by atoms with van der Waals surface area (Å²) in [6.45, 7) is 15.6. The van der Waals surface area contributed by atoms with Gasteiger partial charge in [-0.25, -0.2) is 0 Å². The largest absolute Gasteiger partial charge is 0.393 e. The van der Waals surface area contributed by atoms with E-state index in [1.807, 2.05) is 27.7 Å². The molecule has 0 amide bonds. The van der Waals surface area contributed by atoms with Crippen LogP contribution in [0.5, 0.6) is 0 Å². The first-order valence-electron chi connectivity index (χ1n) is 14.5. The van der Waals surface area contributed by atoms with Gasteiger partial charge in [-0.05, 0) is 117 Å². The van der Waals surface area contributed by atoms with Gasteiger partial charge in [0, 0.05) is 0 Å². The quantitative estimate of drug-likeness (QED) is 0.440. The SMILES string of the molecule is CC.CC.C[C@H](CCC(O)CC#N)C1CCC2C3CC[C@H]4CC(O)CCC4(C)C3CCC21C. The van der Waals surface area contributed by atoms with Gasteiger partial charge in [0.05, 0.1) is 24.7 Å². The van der Waals surface area contributed by atoms with Crippen LogP contribution in [0.2, 0.25) is 0 Å². The van der Waals surface area contributed by atoms with Crippen LogP contribution in [0.15, 0.2) is 0 Å². The fraction of sp³-hybridized carbons (Fsp3) is 0.967. The van der Waals surface area contributed by atoms with Gasteiger partial charge in [-0.1, -0.05) is 48.5 Å². The van der Waals surface area contributed by atoms with Crippen LogP contribution in [0.4, 0.5) is 0 Å². The summed E-state index contributed by atoms with van der Waals surface area (Å²) in [5, 5.41) is 29.1. The second-order valence-corrected chi connectivity index (χ2v) is 11.9. The number of hydrogen-bond acceptors (Lipinski definition) is 3. The molecule has 0 bridgehead atoms. The van der Waals surface area contributed by atoms with Crippen molar-refractivity contribution in [3.05, 3.63) is 0 Å². The monoisotopic (exact) mass is 461 g/mol. The lowest BCUT2D eigenvalue weighted by Gasteiger charge is -2.61. The van der Waals surface area contributed by atoms with Gasteiger partial charge in [-0.15, -0.1) is 0 Å². The van der Waals surface area contributed by atoms with Crippen LogP contribution < -0.4 is 0 Å². The molecule has 4 saturated carbocycles. The standard InChI is InChI=1S/C26H43NO2.2C2H6/c1-17(4-6-19(28)12-15-27)22-8-9-23-21-7-5-18-16-20(29)10-13-25(18,2)24(21)11-14-26(22,23)3;2*1-2/h17-24,28-29H,4-14,16H2,1-3H3;2*1-2H3/t17-,18+,19?,20?,21?,22?,23?,24?,25?,26?;;/m1../s1. The minimum atomic E-state index is -0.444. The molecular formula is C30H55NO2. The van der Waals surface area contributed by atoms with Crippen molar-refractivity contribution in [3.63, 3.8) is 0 Å². The number of aliphatic hydroxyl groups excluding tert-OH is 2. The molecule has 0 saturated heterocycles. The zero-order valence-corrected chi connectivity index (χ0v) is 22.9. The molecule has 4 fully saturated rings. The maximum absolute atomic E-state index is 10.2. The average Bonchev–Trinajstić information content (AvgIpc) is 3.18. The van der Waals surface area contributed by atoms with Crippen LogP contribution in [0.1, 0.15) is 126 Å². The first kappa shape index (κ1) is 28.6. The molecule has 4 aliphatic rings. The lowest BCUT2D eigenvalue weighted by atomic mass is 9.44. The molecule has 0 aromatic carbocycles. The topological polar surface area (TPSA) is 64.2 Å². The second kappa shape index (κ2) is 12.4. The molecular weight excluding hydrogens is 406 g/mol. The van der Waals surface area contributed by atoms with Gasteiger partial charge in [-0.2, -0.15) is 5.26 Å². The van der Waals surface area contributed by atoms with Crippen molar-refractivity contribution >= 4 is 0 Å². The zero-order chi connectivity index (χ0) is 24.8. The second-order valence-electron chi connectivity index (χ2n) is 11.9. The van der Waals surface area contributed by atoms with Crippen molar-refractivity contribution in [3.8, 4) is 6.07 Å². The predicted octanol–water partition coefficient (Wildman–Crippen LogP) is 7.75. The van der Waals surface area contributed by atoms with E-state index in [-0.39, 0.29) is 12.5 Å². The van der Waals surface area contributed by atoms with Crippen molar-refractivity contribution < 1.29 is 10.2 Å². The van der Waals surface area contributed by atoms with Crippen molar-refractivity contribution in [1.82, 2.24) is 0 Å². The van der Waals surface area contributed by atoms with Crippen molar-refractivity contribution in [2.45, 2.75) is 138 Å². The van der Waals surface area contributed by atoms with Gasteiger partial charge < -0.3 is 10.2 Å². The smallest absolute Gasteiger partial charge is 0.0670 e. The van der Waals surface area contributed by atoms with E-state index in [9.17, 15) is 10.2 Å². The minimum Gasteiger partial charge on any atom is -0.393 e. The van der Waals surface area contributed by atoms with Crippen LogP contribution in [-0.4, -0.2) is 22.4 Å². The summed E-state index contributed by atoms with van der Waals surface area (Å²) in [4.78, 5) is 0. The third-order valence-electron chi connectivity index (χ3n) is 10.7. The van der Waals surface area contributed by atoms with Gasteiger partial charge in [0.15, 0.2) is 0 Å². The van der Waals surface area contributed by atoms with Gasteiger partial charge in [0.25, 0.3) is 0 Å². The van der Waals surface area contributed by atoms with E-state index in [1.54, 1.807) is 0 Å². The summed E-state index contributed by atoms with van der Waals surface area (Å²) < 4.78 is 0. The van der Waals surface area contributed by atoms with E-state index < -0.39 is 6.10 Å². The Morgan fingerprint density at radius 2 is 1.52 bits per heavy atom. The first-order chi connectivity index (χ1) is 15.8. The fourth-order valence-electron chi connectivity index (χ4n) is 9.07. The highest BCUT2D eigenvalue weighted by molar-refractivity contribution is 5.09. The number of rotatable bonds is 5. The molecule has 8 unspecified atom stereocenters. The summed E-state index contributed by atoms with van der Waals surface area (Å²) >= 11 is 0. The third-order valence-corrected chi connectivity index (χ3v) is 10.7. The molecule has 192 valence electrons. The molecule has 2 N–H and O–H groups in total. The molecule has 3 nitrogen and oxygen atoms in total. The molecule has 0 aliphatic heterocycles. The molecule has 33 heavy (non-hydrogen) atoms. The molecule has 0 radical (unpaired) electrons. The highest BCUT2D eigenvalue weighted by Gasteiger charge is 2.60. The molecule has 0 spiro atoms. The molecule has 0 heterocycles. The van der Waals surface area contributed by atoms with Crippen LogP contribution in [-0.2, 0) is 0 Å². The van der Waals surface area contributed by atoms with E-state index in [4.69, 9.17) is 5.26 Å². The summed E-state index contributed by atoms with van der Waals surface area (Å²) in [7, 11) is 0. The highest BCUT2D eigenvalue weighted by atomic mass is 16.3. The van der Waals surface area contributed by atoms with Crippen LogP contribution in [0, 0.1) is 57.7 Å². The third kappa shape index (κ3) is 5.64. The molecule has 0 aromatic rings. The van der Waals surface area contributed by atoms with Crippen molar-refractivity contribution in [2.75, 3.05) is 0 Å². The Hall–Kier alpha value is -0.590. The first-order valence-corrected chi connectivity index (χ1v) is 14.5. The van der Waals surface area contributed by atoms with E-state index in [1.165, 1.54) is 44.9 Å². The van der Waals surface area contributed by atoms with E-state index in [0.717, 1.165) is 55.3 Å². The van der Waals surface area contributed by atoms with Crippen molar-refractivity contribution in [2.24, 2.45) is 46.3 Å². The van der Waals surface area contributed by atoms with E-state index in [2.05, 4.69) is 26.8 Å². The molecule has 4 rings (SSSR count). The summed E-state index contributed by atoms with van der Waals surface area (Å²) in [6, 6.07) is 2.11. The van der Waals surface area contributed by atoms with E-state index in [0.29, 0.717) is 16.7 Å². The fourth-order valence-corrected chi connectivity index (χ4v) is 9.07. The minimum absolute atomic E-state index is 0.0495. The molecule has 4 aliphatic carbocycles. The van der Waals surface area contributed by atoms with Crippen molar-refractivity contribution in [1.29, 1.82) is 5.26 Å². The number of nitrogens with zero attached hydrogens (tertiary/aromatic N) is 1. The number of nitriles is 1. The van der Waals surface area contributed by atoms with Crippen LogP contribution >= 0.6 is 0 Å². The lowest BCUT2D eigenvalue weighted by molar-refractivity contribution is -0.129. The van der Waals surface area contributed by atoms with Gasteiger partial charge >= 0.3 is 0 Å². The van der Waals surface area contributed by atoms with Gasteiger partial charge in [0.1, 0.15) is 0 Å². The number of fused-ring (bicyclic) bond motifs is 5. The predicted molar refractivity (Wildman–Crippen MR) is 139 cm³/mol. The number of aliphatic hydroxyl groups is 2. The van der Waals surface area contributed by atoms with E-state index >= 15 is 0 Å². The molecule has 0 aromatic heterocycles. The Bertz CT molecular complexity index is 629.